The number of benzene rings is 2. The summed E-state index contributed by atoms with van der Waals surface area (Å²) >= 11 is 12.6. The van der Waals surface area contributed by atoms with Crippen molar-refractivity contribution in [2.45, 2.75) is 6.42 Å². The molecule has 0 aliphatic carbocycles. The smallest absolute Gasteiger partial charge is 0.252 e. The first-order valence-corrected chi connectivity index (χ1v) is 11.1. The van der Waals surface area contributed by atoms with E-state index in [-0.39, 0.29) is 5.56 Å². The molecule has 0 saturated carbocycles. The number of nitrogens with zero attached hydrogens (tertiary/aromatic N) is 3. The third kappa shape index (κ3) is 4.41. The highest BCUT2D eigenvalue weighted by molar-refractivity contribution is 6.43. The first-order valence-electron chi connectivity index (χ1n) is 10.3. The number of primary amides is 1. The topological polar surface area (TPSA) is 83.7 Å². The van der Waals surface area contributed by atoms with Crippen LogP contribution in [0.5, 0.6) is 5.75 Å². The van der Waals surface area contributed by atoms with Gasteiger partial charge in [0.25, 0.3) is 5.91 Å². The van der Waals surface area contributed by atoms with E-state index in [4.69, 9.17) is 33.7 Å². The lowest BCUT2D eigenvalue weighted by atomic mass is 10.1. The van der Waals surface area contributed by atoms with Crippen LogP contribution in [0, 0.1) is 0 Å². The number of nitrogens with two attached hydrogens (primary N) is 1. The van der Waals surface area contributed by atoms with Gasteiger partial charge in [0.15, 0.2) is 0 Å². The second-order valence-electron chi connectivity index (χ2n) is 7.82. The van der Waals surface area contributed by atoms with E-state index in [1.165, 1.54) is 6.20 Å². The molecule has 32 heavy (non-hydrogen) atoms. The summed E-state index contributed by atoms with van der Waals surface area (Å²) in [6.45, 7) is 3.76. The van der Waals surface area contributed by atoms with Crippen LogP contribution < -0.4 is 20.7 Å². The summed E-state index contributed by atoms with van der Waals surface area (Å²) in [4.78, 5) is 21.3. The van der Waals surface area contributed by atoms with E-state index in [1.54, 1.807) is 25.3 Å². The van der Waals surface area contributed by atoms with Crippen LogP contribution in [-0.4, -0.2) is 56.1 Å². The van der Waals surface area contributed by atoms with Gasteiger partial charge in [-0.25, -0.2) is 0 Å². The fraction of sp³-hybridized carbons (Fsp3) is 0.304. The Hall–Kier alpha value is -2.74. The molecule has 9 heteroatoms. The number of pyridine rings is 1. The summed E-state index contributed by atoms with van der Waals surface area (Å²) in [6.07, 6.45) is 2.51. The third-order valence-corrected chi connectivity index (χ3v) is 6.52. The molecule has 0 spiro atoms. The highest BCUT2D eigenvalue weighted by Crippen LogP contribution is 2.39. The molecule has 1 aliphatic rings. The monoisotopic (exact) mass is 473 g/mol. The highest BCUT2D eigenvalue weighted by Gasteiger charge is 2.21. The quantitative estimate of drug-likeness (QED) is 0.565. The van der Waals surface area contributed by atoms with Crippen LogP contribution in [0.4, 0.5) is 17.1 Å². The maximum absolute atomic E-state index is 12.2. The summed E-state index contributed by atoms with van der Waals surface area (Å²) < 4.78 is 5.70. The van der Waals surface area contributed by atoms with Gasteiger partial charge >= 0.3 is 0 Å². The number of carbonyl (C=O) groups is 1. The number of likely N-dealkylation sites (N-methyl/N-ethyl adjacent to an activating group) is 1. The van der Waals surface area contributed by atoms with Crippen molar-refractivity contribution in [1.82, 2.24) is 9.88 Å². The number of ether oxygens (including phenoxy) is 1. The largest absolute Gasteiger partial charge is 0.495 e. The van der Waals surface area contributed by atoms with Crippen molar-refractivity contribution in [3.05, 3.63) is 52.1 Å². The first kappa shape index (κ1) is 22.5. The second-order valence-corrected chi connectivity index (χ2v) is 8.61. The average Bonchev–Trinajstić information content (AvgIpc) is 3.00. The van der Waals surface area contributed by atoms with E-state index in [0.29, 0.717) is 26.9 Å². The standard InChI is InChI=1S/C23H25Cl2N5O2/c1-29-7-4-8-30(10-9-29)19-11-14-18(12-20(19)32-2)27-13-15(23(26)31)22(14)28-17-6-3-5-16(24)21(17)25/h3,5-6,11-13H,4,7-10H2,1-2H3,(H2,26,31)(H,27,28). The first-order chi connectivity index (χ1) is 15.4. The van der Waals surface area contributed by atoms with E-state index in [9.17, 15) is 4.79 Å². The molecule has 2 heterocycles. The number of hydrogen-bond acceptors (Lipinski definition) is 6. The van der Waals surface area contributed by atoms with Gasteiger partial charge in [-0.2, -0.15) is 0 Å². The summed E-state index contributed by atoms with van der Waals surface area (Å²) in [6, 6.07) is 9.16. The number of halogens is 2. The van der Waals surface area contributed by atoms with Gasteiger partial charge in [-0.1, -0.05) is 29.3 Å². The van der Waals surface area contributed by atoms with E-state index in [0.717, 1.165) is 49.4 Å². The summed E-state index contributed by atoms with van der Waals surface area (Å²) in [5.41, 5.74) is 8.66. The molecule has 7 nitrogen and oxygen atoms in total. The number of rotatable bonds is 5. The van der Waals surface area contributed by atoms with Crippen molar-refractivity contribution < 1.29 is 9.53 Å². The van der Waals surface area contributed by atoms with Crippen molar-refractivity contribution >= 4 is 57.1 Å². The molecular weight excluding hydrogens is 449 g/mol. The number of amides is 1. The molecule has 1 fully saturated rings. The zero-order valence-electron chi connectivity index (χ0n) is 18.0. The lowest BCUT2D eigenvalue weighted by Crippen LogP contribution is -2.29. The van der Waals surface area contributed by atoms with Gasteiger partial charge in [0, 0.05) is 37.3 Å². The molecule has 1 amide bonds. The minimum absolute atomic E-state index is 0.264. The molecule has 1 aliphatic heterocycles. The Morgan fingerprint density at radius 2 is 2.00 bits per heavy atom. The lowest BCUT2D eigenvalue weighted by molar-refractivity contribution is 0.100. The minimum atomic E-state index is -0.589. The molecule has 0 unspecified atom stereocenters. The molecule has 3 N–H and O–H groups in total. The maximum Gasteiger partial charge on any atom is 0.252 e. The molecule has 1 aromatic heterocycles. The van der Waals surface area contributed by atoms with Gasteiger partial charge in [-0.05, 0) is 38.2 Å². The molecule has 0 atom stereocenters. The Bertz CT molecular complexity index is 1170. The normalized spacial score (nSPS) is 14.9. The third-order valence-electron chi connectivity index (χ3n) is 5.71. The van der Waals surface area contributed by atoms with Gasteiger partial charge in [-0.15, -0.1) is 0 Å². The van der Waals surface area contributed by atoms with Gasteiger partial charge in [0.05, 0.1) is 45.3 Å². The maximum atomic E-state index is 12.2. The van der Waals surface area contributed by atoms with Crippen LogP contribution in [0.15, 0.2) is 36.5 Å². The number of methoxy groups -OCH3 is 1. The number of nitrogens with one attached hydrogen (secondary N) is 1. The molecule has 0 radical (unpaired) electrons. The van der Waals surface area contributed by atoms with E-state index in [1.807, 2.05) is 12.1 Å². The van der Waals surface area contributed by atoms with Crippen LogP contribution in [0.2, 0.25) is 10.0 Å². The summed E-state index contributed by atoms with van der Waals surface area (Å²) in [7, 11) is 3.78. The van der Waals surface area contributed by atoms with Crippen molar-refractivity contribution in [3.63, 3.8) is 0 Å². The number of carbonyl (C=O) groups excluding carboxylic acids is 1. The Balaban J connectivity index is 1.89. The second kappa shape index (κ2) is 9.40. The van der Waals surface area contributed by atoms with Gasteiger partial charge < -0.3 is 25.6 Å². The molecule has 2 aromatic carbocycles. The fourth-order valence-corrected chi connectivity index (χ4v) is 4.31. The molecule has 4 rings (SSSR count). The number of anilines is 3. The molecule has 1 saturated heterocycles. The Morgan fingerprint density at radius 3 is 2.75 bits per heavy atom. The molecule has 0 bridgehead atoms. The van der Waals surface area contributed by atoms with Crippen molar-refractivity contribution in [3.8, 4) is 5.75 Å². The predicted octanol–water partition coefficient (Wildman–Crippen LogP) is 4.53. The number of fused-ring (bicyclic) bond motifs is 1. The zero-order valence-corrected chi connectivity index (χ0v) is 19.5. The van der Waals surface area contributed by atoms with Crippen LogP contribution in [0.25, 0.3) is 10.9 Å². The SMILES string of the molecule is COc1cc2ncc(C(N)=O)c(Nc3cccc(Cl)c3Cl)c2cc1N1CCCN(C)CC1. The van der Waals surface area contributed by atoms with E-state index >= 15 is 0 Å². The minimum Gasteiger partial charge on any atom is -0.495 e. The van der Waals surface area contributed by atoms with E-state index < -0.39 is 5.91 Å². The van der Waals surface area contributed by atoms with Crippen molar-refractivity contribution in [2.75, 3.05) is 50.6 Å². The highest BCUT2D eigenvalue weighted by atomic mass is 35.5. The summed E-state index contributed by atoms with van der Waals surface area (Å²) in [5, 5.41) is 4.78. The Kier molecular flexibility index (Phi) is 6.60. The van der Waals surface area contributed by atoms with E-state index in [2.05, 4.69) is 27.1 Å². The molecule has 168 valence electrons. The molecule has 3 aromatic rings. The lowest BCUT2D eigenvalue weighted by Gasteiger charge is -2.26. The zero-order chi connectivity index (χ0) is 22.8. The number of aromatic nitrogens is 1. The fourth-order valence-electron chi connectivity index (χ4n) is 3.96. The van der Waals surface area contributed by atoms with Crippen molar-refractivity contribution in [1.29, 1.82) is 0 Å². The van der Waals surface area contributed by atoms with Gasteiger partial charge in [0.1, 0.15) is 5.75 Å². The predicted molar refractivity (Wildman–Crippen MR) is 131 cm³/mol. The van der Waals surface area contributed by atoms with Crippen LogP contribution >= 0.6 is 23.2 Å². The van der Waals surface area contributed by atoms with Crippen LogP contribution in [0.3, 0.4) is 0 Å². The average molecular weight is 474 g/mol. The van der Waals surface area contributed by atoms with Crippen LogP contribution in [0.1, 0.15) is 16.8 Å². The van der Waals surface area contributed by atoms with Gasteiger partial charge in [0.2, 0.25) is 0 Å². The Labute approximate surface area is 197 Å². The summed E-state index contributed by atoms with van der Waals surface area (Å²) in [5.74, 6) is 0.141. The molecular formula is C23H25Cl2N5O2. The Morgan fingerprint density at radius 1 is 1.19 bits per heavy atom. The van der Waals surface area contributed by atoms with Gasteiger partial charge in [-0.3, -0.25) is 9.78 Å². The number of hydrogen-bond donors (Lipinski definition) is 2. The van der Waals surface area contributed by atoms with Crippen LogP contribution in [-0.2, 0) is 0 Å². The van der Waals surface area contributed by atoms with Crippen molar-refractivity contribution in [2.24, 2.45) is 5.73 Å².